The van der Waals surface area contributed by atoms with E-state index in [1.54, 1.807) is 30.3 Å². The molecule has 0 atom stereocenters. The second-order valence-electron chi connectivity index (χ2n) is 11.4. The van der Waals surface area contributed by atoms with Gasteiger partial charge in [-0.2, -0.15) is 0 Å². The van der Waals surface area contributed by atoms with E-state index < -0.39 is 12.1 Å². The Morgan fingerprint density at radius 3 is 1.50 bits per heavy atom. The van der Waals surface area contributed by atoms with Crippen molar-refractivity contribution in [1.82, 2.24) is 5.32 Å². The topological polar surface area (TPSA) is 79.5 Å². The predicted octanol–water partition coefficient (Wildman–Crippen LogP) is 9.45. The highest BCUT2D eigenvalue weighted by atomic mass is 16.5. The molecule has 0 aliphatic carbocycles. The predicted molar refractivity (Wildman–Crippen MR) is 193 cm³/mol. The van der Waals surface area contributed by atoms with Crippen LogP contribution in [-0.2, 0) is 0 Å². The molecule has 0 aliphatic rings. The molecule has 0 fully saturated rings. The van der Waals surface area contributed by atoms with Gasteiger partial charge in [-0.1, -0.05) is 140 Å². The third kappa shape index (κ3) is 8.36. The van der Waals surface area contributed by atoms with Gasteiger partial charge in [0.05, 0.1) is 5.56 Å². The molecule has 6 aromatic rings. The van der Waals surface area contributed by atoms with Crippen molar-refractivity contribution in [2.45, 2.75) is 18.4 Å². The van der Waals surface area contributed by atoms with Gasteiger partial charge >= 0.3 is 6.03 Å². The molecular formula is C42H37N3O3. The molecule has 0 aromatic heterocycles. The van der Waals surface area contributed by atoms with Crippen molar-refractivity contribution in [2.24, 2.45) is 0 Å². The Hall–Kier alpha value is -6.14. The first-order chi connectivity index (χ1) is 23.6. The molecule has 0 aliphatic heterocycles. The second kappa shape index (κ2) is 15.9. The maximum absolute atomic E-state index is 14.0. The average molecular weight is 632 g/mol. The number of carbonyl (C=O) groups is 2. The largest absolute Gasteiger partial charge is 0.480 e. The molecule has 3 amide bonds. The summed E-state index contributed by atoms with van der Waals surface area (Å²) in [6.07, 6.45) is 0.240. The summed E-state index contributed by atoms with van der Waals surface area (Å²) in [7, 11) is 0. The number of hydrogen-bond donors (Lipinski definition) is 3. The fourth-order valence-corrected chi connectivity index (χ4v) is 5.74. The minimum absolute atomic E-state index is 0.110. The first-order valence-electron chi connectivity index (χ1n) is 16.1. The highest BCUT2D eigenvalue weighted by Gasteiger charge is 2.22. The van der Waals surface area contributed by atoms with Crippen LogP contribution in [0.2, 0.25) is 0 Å². The molecule has 0 radical (unpaired) electrons. The fraction of sp³-hybridized carbons (Fsp3) is 0.0952. The van der Waals surface area contributed by atoms with E-state index in [1.807, 2.05) is 115 Å². The zero-order chi connectivity index (χ0) is 33.0. The molecule has 6 rings (SSSR count). The number of para-hydroxylation sites is 1. The number of hydrogen-bond acceptors (Lipinski definition) is 3. The molecule has 238 valence electrons. The molecule has 0 spiro atoms. The van der Waals surface area contributed by atoms with Crippen LogP contribution in [0.4, 0.5) is 16.2 Å². The van der Waals surface area contributed by atoms with E-state index in [4.69, 9.17) is 4.74 Å². The molecule has 48 heavy (non-hydrogen) atoms. The van der Waals surface area contributed by atoms with Gasteiger partial charge in [0, 0.05) is 23.8 Å². The molecular weight excluding hydrogens is 594 g/mol. The minimum Gasteiger partial charge on any atom is -0.480 e. The van der Waals surface area contributed by atoms with Gasteiger partial charge in [0.2, 0.25) is 0 Å². The maximum Gasteiger partial charge on any atom is 0.323 e. The molecule has 6 aromatic carbocycles. The van der Waals surface area contributed by atoms with E-state index in [0.717, 1.165) is 11.1 Å². The molecule has 6 nitrogen and oxygen atoms in total. The van der Waals surface area contributed by atoms with Crippen molar-refractivity contribution in [3.05, 3.63) is 198 Å². The molecule has 6 heteroatoms. The molecule has 0 unspecified atom stereocenters. The monoisotopic (exact) mass is 631 g/mol. The van der Waals surface area contributed by atoms with Crippen LogP contribution in [0.3, 0.4) is 0 Å². The van der Waals surface area contributed by atoms with Gasteiger partial charge in [0.15, 0.2) is 0 Å². The van der Waals surface area contributed by atoms with E-state index in [0.29, 0.717) is 35.7 Å². The van der Waals surface area contributed by atoms with Gasteiger partial charge < -0.3 is 20.7 Å². The van der Waals surface area contributed by atoms with Gasteiger partial charge in [-0.25, -0.2) is 4.79 Å². The van der Waals surface area contributed by atoms with Crippen molar-refractivity contribution in [3.63, 3.8) is 0 Å². The number of urea groups is 1. The van der Waals surface area contributed by atoms with Gasteiger partial charge in [0.1, 0.15) is 11.9 Å². The summed E-state index contributed by atoms with van der Waals surface area (Å²) >= 11 is 0. The van der Waals surface area contributed by atoms with Crippen LogP contribution in [0.5, 0.6) is 5.75 Å². The smallest absolute Gasteiger partial charge is 0.323 e. The van der Waals surface area contributed by atoms with Crippen LogP contribution in [0.25, 0.3) is 0 Å². The van der Waals surface area contributed by atoms with Crippen molar-refractivity contribution in [1.29, 1.82) is 0 Å². The number of anilines is 2. The lowest BCUT2D eigenvalue weighted by Gasteiger charge is -2.23. The van der Waals surface area contributed by atoms with E-state index in [1.165, 1.54) is 11.1 Å². The Balaban J connectivity index is 1.26. The lowest BCUT2D eigenvalue weighted by atomic mass is 9.88. The van der Waals surface area contributed by atoms with Gasteiger partial charge in [-0.15, -0.1) is 0 Å². The summed E-state index contributed by atoms with van der Waals surface area (Å²) < 4.78 is 6.67. The highest BCUT2D eigenvalue weighted by Crippen LogP contribution is 2.33. The Morgan fingerprint density at radius 2 is 0.979 bits per heavy atom. The van der Waals surface area contributed by atoms with Crippen LogP contribution >= 0.6 is 0 Å². The summed E-state index contributed by atoms with van der Waals surface area (Å²) in [5.74, 6) is 0.220. The van der Waals surface area contributed by atoms with E-state index in [-0.39, 0.29) is 11.8 Å². The average Bonchev–Trinajstić information content (AvgIpc) is 3.14. The minimum atomic E-state index is -0.459. The van der Waals surface area contributed by atoms with Crippen LogP contribution < -0.4 is 20.7 Å². The Bertz CT molecular complexity index is 1820. The lowest BCUT2D eigenvalue weighted by Crippen LogP contribution is -2.27. The first-order valence-corrected chi connectivity index (χ1v) is 16.1. The normalized spacial score (nSPS) is 10.8. The van der Waals surface area contributed by atoms with E-state index in [9.17, 15) is 9.59 Å². The number of nitrogens with one attached hydrogen (secondary N) is 3. The fourth-order valence-electron chi connectivity index (χ4n) is 5.74. The highest BCUT2D eigenvalue weighted by molar-refractivity contribution is 6.02. The van der Waals surface area contributed by atoms with Gasteiger partial charge in [-0.05, 0) is 59.0 Å². The standard InChI is InChI=1S/C42H37N3O3/c46-41(43-29-28-37(31-16-6-1-7-17-31)32-18-8-2-9-19-32)38-30-36(45-42(47)44-35-24-14-5-15-25-35)26-27-39(38)48-40(33-20-10-3-11-21-33)34-22-12-4-13-23-34/h1-27,30,37,40H,28-29H2,(H,43,46)(H2,44,45,47). The first kappa shape index (κ1) is 31.8. The quantitative estimate of drug-likeness (QED) is 0.126. The number of rotatable bonds is 12. The van der Waals surface area contributed by atoms with Crippen molar-refractivity contribution in [3.8, 4) is 5.75 Å². The molecule has 3 N–H and O–H groups in total. The van der Waals surface area contributed by atoms with Crippen LogP contribution in [0, 0.1) is 0 Å². The van der Waals surface area contributed by atoms with Gasteiger partial charge in [0.25, 0.3) is 5.91 Å². The van der Waals surface area contributed by atoms with Crippen LogP contribution in [0.15, 0.2) is 170 Å². The zero-order valence-electron chi connectivity index (χ0n) is 26.5. The summed E-state index contributed by atoms with van der Waals surface area (Å²) in [5, 5.41) is 8.82. The summed E-state index contributed by atoms with van der Waals surface area (Å²) in [6.45, 7) is 0.430. The number of amides is 3. The Kier molecular flexibility index (Phi) is 10.6. The number of carbonyl (C=O) groups excluding carboxylic acids is 2. The SMILES string of the molecule is O=C(Nc1ccccc1)Nc1ccc(OC(c2ccccc2)c2ccccc2)c(C(=O)NCCC(c2ccccc2)c2ccccc2)c1. The second-order valence-corrected chi connectivity index (χ2v) is 11.4. The van der Waals surface area contributed by atoms with E-state index in [2.05, 4.69) is 40.2 Å². The molecule has 0 bridgehead atoms. The van der Waals surface area contributed by atoms with E-state index >= 15 is 0 Å². The Labute approximate surface area is 281 Å². The summed E-state index contributed by atoms with van der Waals surface area (Å²) in [4.78, 5) is 26.8. The maximum atomic E-state index is 14.0. The van der Waals surface area contributed by atoms with Crippen molar-refractivity contribution >= 4 is 23.3 Å². The molecule has 0 saturated carbocycles. The number of ether oxygens (including phenoxy) is 1. The van der Waals surface area contributed by atoms with Crippen LogP contribution in [0.1, 0.15) is 51.1 Å². The van der Waals surface area contributed by atoms with Crippen LogP contribution in [-0.4, -0.2) is 18.5 Å². The third-order valence-corrected chi connectivity index (χ3v) is 8.09. The van der Waals surface area contributed by atoms with Crippen molar-refractivity contribution < 1.29 is 14.3 Å². The molecule has 0 heterocycles. The molecule has 0 saturated heterocycles. The summed E-state index contributed by atoms with van der Waals surface area (Å²) in [6, 6.07) is 54.4. The third-order valence-electron chi connectivity index (χ3n) is 8.09. The summed E-state index contributed by atoms with van der Waals surface area (Å²) in [5.41, 5.74) is 5.72. The van der Waals surface area contributed by atoms with Crippen molar-refractivity contribution in [2.75, 3.05) is 17.2 Å². The Morgan fingerprint density at radius 1 is 0.521 bits per heavy atom. The number of benzene rings is 6. The zero-order valence-corrected chi connectivity index (χ0v) is 26.5. The van der Waals surface area contributed by atoms with Gasteiger partial charge in [-0.3, -0.25) is 4.79 Å². The lowest BCUT2D eigenvalue weighted by molar-refractivity contribution is 0.0946.